The van der Waals surface area contributed by atoms with Crippen LogP contribution in [0.15, 0.2) is 83.8 Å². The van der Waals surface area contributed by atoms with Crippen LogP contribution in [0.1, 0.15) is 39.1 Å². The highest BCUT2D eigenvalue weighted by Crippen LogP contribution is 2.23. The Hall–Kier alpha value is -3.73. The maximum Gasteiger partial charge on any atom is 0.261 e. The number of para-hydroxylation sites is 1. The van der Waals surface area contributed by atoms with Crippen molar-refractivity contribution >= 4 is 45.7 Å². The Balaban J connectivity index is 0.00000400. The van der Waals surface area contributed by atoms with E-state index in [4.69, 9.17) is 0 Å². The van der Waals surface area contributed by atoms with Gasteiger partial charge in [0.2, 0.25) is 5.91 Å². The summed E-state index contributed by atoms with van der Waals surface area (Å²) in [5.41, 5.74) is 1.02. The van der Waals surface area contributed by atoms with Crippen molar-refractivity contribution in [2.45, 2.75) is 23.8 Å². The average Bonchev–Trinajstić information content (AvgIpc) is 2.92. The maximum absolute atomic E-state index is 13.0. The smallest absolute Gasteiger partial charge is 0.261 e. The van der Waals surface area contributed by atoms with Gasteiger partial charge >= 0.3 is 0 Å². The first-order valence-corrected chi connectivity index (χ1v) is 13.4. The molecule has 0 radical (unpaired) electrons. The van der Waals surface area contributed by atoms with Crippen LogP contribution in [0.2, 0.25) is 0 Å². The maximum atomic E-state index is 13.0. The molecule has 1 aliphatic heterocycles. The second-order valence-corrected chi connectivity index (χ2v) is 10.3. The highest BCUT2D eigenvalue weighted by molar-refractivity contribution is 7.92. The fourth-order valence-electron chi connectivity index (χ4n) is 4.01. The Morgan fingerprint density at radius 3 is 2.13 bits per heavy atom. The normalized spacial score (nSPS) is 13.6. The van der Waals surface area contributed by atoms with E-state index in [1.807, 2.05) is 0 Å². The molecule has 9 nitrogen and oxygen atoms in total. The van der Waals surface area contributed by atoms with Crippen molar-refractivity contribution in [2.75, 3.05) is 24.4 Å². The van der Waals surface area contributed by atoms with Gasteiger partial charge in [0.15, 0.2) is 5.78 Å². The summed E-state index contributed by atoms with van der Waals surface area (Å²) in [4.78, 5) is 37.4. The van der Waals surface area contributed by atoms with Crippen LogP contribution in [0.5, 0.6) is 0 Å². The van der Waals surface area contributed by atoms with Gasteiger partial charge in [-0.3, -0.25) is 19.1 Å². The van der Waals surface area contributed by atoms with E-state index in [1.165, 1.54) is 30.3 Å². The van der Waals surface area contributed by atoms with E-state index in [2.05, 4.69) is 20.7 Å². The topological polar surface area (TPSA) is 133 Å². The molecule has 38 heavy (non-hydrogen) atoms. The van der Waals surface area contributed by atoms with Gasteiger partial charge in [0.25, 0.3) is 15.9 Å². The molecule has 0 atom stereocenters. The number of nitrogens with one attached hydrogen (secondary N) is 4. The largest absolute Gasteiger partial charge is 0.352 e. The molecular weight excluding hydrogens is 528 g/mol. The Morgan fingerprint density at radius 2 is 1.45 bits per heavy atom. The zero-order chi connectivity index (χ0) is 26.3. The summed E-state index contributed by atoms with van der Waals surface area (Å²) in [5, 5.41) is 8.67. The van der Waals surface area contributed by atoms with Crippen LogP contribution >= 0.6 is 12.4 Å². The summed E-state index contributed by atoms with van der Waals surface area (Å²) in [7, 11) is -4.04. The van der Waals surface area contributed by atoms with Gasteiger partial charge in [-0.25, -0.2) is 8.42 Å². The molecule has 0 bridgehead atoms. The number of hydrogen-bond acceptors (Lipinski definition) is 6. The molecule has 1 heterocycles. The number of ketones is 1. The minimum atomic E-state index is -4.04. The number of sulfonamides is 1. The van der Waals surface area contributed by atoms with Crippen molar-refractivity contribution in [1.82, 2.24) is 16.0 Å². The van der Waals surface area contributed by atoms with Gasteiger partial charge < -0.3 is 16.0 Å². The lowest BCUT2D eigenvalue weighted by atomic mass is 10.0. The predicted octanol–water partition coefficient (Wildman–Crippen LogP) is 2.74. The SMILES string of the molecule is Cl.O=C(CNC(=O)c1ccc(S(=O)(=O)Nc2ccccc2C(=O)c2ccccc2)cc1)NC1CCNCC1. The fraction of sp³-hybridized carbons (Fsp3) is 0.222. The van der Waals surface area contributed by atoms with Crippen molar-refractivity contribution in [2.24, 2.45) is 0 Å². The number of anilines is 1. The Labute approximate surface area is 227 Å². The van der Waals surface area contributed by atoms with Crippen molar-refractivity contribution in [1.29, 1.82) is 0 Å². The standard InChI is InChI=1S/C27H28N4O5S.ClH/c32-25(30-21-14-16-28-17-15-21)18-29-27(34)20-10-12-22(13-11-20)37(35,36)31-24-9-5-4-8-23(24)26(33)19-6-2-1-3-7-19;/h1-13,21,28,31H,14-18H2,(H,29,34)(H,30,32);1H. The number of halogens is 1. The highest BCUT2D eigenvalue weighted by atomic mass is 35.5. The zero-order valence-corrected chi connectivity index (χ0v) is 22.1. The number of hydrogen-bond donors (Lipinski definition) is 4. The van der Waals surface area contributed by atoms with Gasteiger partial charge in [-0.05, 0) is 62.3 Å². The van der Waals surface area contributed by atoms with Crippen LogP contribution in [-0.2, 0) is 14.8 Å². The van der Waals surface area contributed by atoms with Crippen LogP contribution in [0.4, 0.5) is 5.69 Å². The quantitative estimate of drug-likeness (QED) is 0.300. The van der Waals surface area contributed by atoms with E-state index in [-0.39, 0.29) is 58.4 Å². The molecule has 1 aliphatic rings. The molecule has 4 N–H and O–H groups in total. The molecule has 1 saturated heterocycles. The van der Waals surface area contributed by atoms with Crippen molar-refractivity contribution in [3.05, 3.63) is 95.6 Å². The summed E-state index contributed by atoms with van der Waals surface area (Å²) in [6, 6.07) is 20.4. The van der Waals surface area contributed by atoms with Crippen LogP contribution < -0.4 is 20.7 Å². The lowest BCUT2D eigenvalue weighted by Crippen LogP contribution is -2.46. The molecule has 4 rings (SSSR count). The lowest BCUT2D eigenvalue weighted by Gasteiger charge is -2.23. The van der Waals surface area contributed by atoms with Crippen LogP contribution in [0, 0.1) is 0 Å². The summed E-state index contributed by atoms with van der Waals surface area (Å²) < 4.78 is 28.5. The molecule has 0 unspecified atom stereocenters. The molecule has 2 amide bonds. The molecule has 11 heteroatoms. The summed E-state index contributed by atoms with van der Waals surface area (Å²) in [6.07, 6.45) is 1.68. The van der Waals surface area contributed by atoms with Gasteiger partial charge in [-0.2, -0.15) is 0 Å². The van der Waals surface area contributed by atoms with E-state index in [9.17, 15) is 22.8 Å². The third-order valence-corrected chi connectivity index (χ3v) is 7.37. The van der Waals surface area contributed by atoms with Crippen LogP contribution in [0.25, 0.3) is 0 Å². The lowest BCUT2D eigenvalue weighted by molar-refractivity contribution is -0.121. The first kappa shape index (κ1) is 28.8. The number of carbonyl (C=O) groups excluding carboxylic acids is 3. The Bertz CT molecular complexity index is 1380. The third-order valence-electron chi connectivity index (χ3n) is 5.99. The monoisotopic (exact) mass is 556 g/mol. The molecule has 3 aromatic rings. The first-order chi connectivity index (χ1) is 17.8. The van der Waals surface area contributed by atoms with E-state index < -0.39 is 15.9 Å². The second-order valence-electron chi connectivity index (χ2n) is 8.65. The zero-order valence-electron chi connectivity index (χ0n) is 20.5. The summed E-state index contributed by atoms with van der Waals surface area (Å²) in [6.45, 7) is 1.52. The minimum Gasteiger partial charge on any atom is -0.352 e. The molecule has 0 saturated carbocycles. The van der Waals surface area contributed by atoms with Crippen molar-refractivity contribution in [3.8, 4) is 0 Å². The Morgan fingerprint density at radius 1 is 0.816 bits per heavy atom. The molecule has 0 aromatic heterocycles. The molecule has 200 valence electrons. The van der Waals surface area contributed by atoms with Gasteiger partial charge in [0.05, 0.1) is 17.1 Å². The minimum absolute atomic E-state index is 0. The fourth-order valence-corrected chi connectivity index (χ4v) is 5.09. The molecule has 3 aromatic carbocycles. The second kappa shape index (κ2) is 13.2. The molecule has 1 fully saturated rings. The predicted molar refractivity (Wildman–Crippen MR) is 147 cm³/mol. The van der Waals surface area contributed by atoms with Gasteiger partial charge in [0.1, 0.15) is 0 Å². The van der Waals surface area contributed by atoms with E-state index >= 15 is 0 Å². The van der Waals surface area contributed by atoms with Gasteiger partial charge in [0, 0.05) is 22.7 Å². The number of amides is 2. The molecule has 0 spiro atoms. The summed E-state index contributed by atoms with van der Waals surface area (Å²) in [5.74, 6) is -1.07. The van der Waals surface area contributed by atoms with Crippen molar-refractivity contribution < 1.29 is 22.8 Å². The summed E-state index contributed by atoms with van der Waals surface area (Å²) >= 11 is 0. The first-order valence-electron chi connectivity index (χ1n) is 11.9. The molecule has 0 aliphatic carbocycles. The van der Waals surface area contributed by atoms with Gasteiger partial charge in [-0.1, -0.05) is 42.5 Å². The number of rotatable bonds is 9. The third kappa shape index (κ3) is 7.41. The van der Waals surface area contributed by atoms with E-state index in [0.29, 0.717) is 5.56 Å². The Kier molecular flexibility index (Phi) is 10.0. The van der Waals surface area contributed by atoms with E-state index in [0.717, 1.165) is 25.9 Å². The van der Waals surface area contributed by atoms with Crippen molar-refractivity contribution in [3.63, 3.8) is 0 Å². The number of carbonyl (C=O) groups is 3. The van der Waals surface area contributed by atoms with Crippen LogP contribution in [0.3, 0.4) is 0 Å². The van der Waals surface area contributed by atoms with Crippen LogP contribution in [-0.4, -0.2) is 51.7 Å². The highest BCUT2D eigenvalue weighted by Gasteiger charge is 2.20. The van der Waals surface area contributed by atoms with E-state index in [1.54, 1.807) is 48.5 Å². The number of benzene rings is 3. The average molecular weight is 557 g/mol. The molecular formula is C27H29ClN4O5S. The van der Waals surface area contributed by atoms with Gasteiger partial charge in [-0.15, -0.1) is 12.4 Å². The number of piperidine rings is 1.